The second kappa shape index (κ2) is 12.1. The lowest BCUT2D eigenvalue weighted by molar-refractivity contribution is -0.126. The molecule has 1 aromatic rings. The molecule has 0 saturated carbocycles. The third kappa shape index (κ3) is 8.22. The van der Waals surface area contributed by atoms with E-state index in [1.54, 1.807) is 19.9 Å². The molecule has 1 heterocycles. The molecule has 3 amide bonds. The summed E-state index contributed by atoms with van der Waals surface area (Å²) >= 11 is 0. The van der Waals surface area contributed by atoms with Crippen molar-refractivity contribution in [3.8, 4) is 0 Å². The van der Waals surface area contributed by atoms with Crippen molar-refractivity contribution >= 4 is 28.0 Å². The number of hydrogen-bond acceptors (Lipinski definition) is 7. The summed E-state index contributed by atoms with van der Waals surface area (Å²) in [6.45, 7) is 3.53. The van der Waals surface area contributed by atoms with Crippen LogP contribution < -0.4 is 16.0 Å². The summed E-state index contributed by atoms with van der Waals surface area (Å²) in [6.07, 6.45) is -0.769. The highest BCUT2D eigenvalue weighted by molar-refractivity contribution is 7.86. The van der Waals surface area contributed by atoms with E-state index in [1.165, 1.54) is 18.2 Å². The van der Waals surface area contributed by atoms with Crippen LogP contribution in [-0.4, -0.2) is 60.0 Å². The van der Waals surface area contributed by atoms with Crippen LogP contribution in [0.4, 0.5) is 9.18 Å². The van der Waals surface area contributed by atoms with Gasteiger partial charge in [-0.2, -0.15) is 8.42 Å². The smallest absolute Gasteiger partial charge is 0.408 e. The summed E-state index contributed by atoms with van der Waals surface area (Å²) in [5, 5.41) is 17.3. The van der Waals surface area contributed by atoms with Gasteiger partial charge in [0.15, 0.2) is 0 Å². The maximum atomic E-state index is 13.7. The van der Waals surface area contributed by atoms with Gasteiger partial charge in [-0.3, -0.25) is 14.1 Å². The average molecular weight is 504 g/mol. The quantitative estimate of drug-likeness (QED) is 0.274. The molecule has 0 radical (unpaired) electrons. The van der Waals surface area contributed by atoms with E-state index in [-0.39, 0.29) is 36.8 Å². The SMILES string of the molecule is CC(C)C[C@H](NC(=O)OCc1ccccc1F)C(=O)N[C@@H](C[C@@H]1CCNC1=O)C(O)S(=O)(=O)O. The van der Waals surface area contributed by atoms with Gasteiger partial charge < -0.3 is 25.8 Å². The normalized spacial score (nSPS) is 18.6. The number of alkyl carbamates (subject to hydrolysis) is 1. The van der Waals surface area contributed by atoms with Gasteiger partial charge in [-0.1, -0.05) is 32.0 Å². The molecule has 0 spiro atoms. The number of hydrogen-bond donors (Lipinski definition) is 5. The maximum Gasteiger partial charge on any atom is 0.408 e. The molecule has 1 aliphatic heterocycles. The fraction of sp³-hybridized carbons (Fsp3) is 0.571. The summed E-state index contributed by atoms with van der Waals surface area (Å²) < 4.78 is 51.0. The second-order valence-electron chi connectivity index (χ2n) is 8.53. The van der Waals surface area contributed by atoms with Crippen LogP contribution in [0.3, 0.4) is 0 Å². The first-order chi connectivity index (χ1) is 15.9. The lowest BCUT2D eigenvalue weighted by Crippen LogP contribution is -2.54. The Hall–Kier alpha value is -2.77. The Balaban J connectivity index is 2.09. The van der Waals surface area contributed by atoms with Gasteiger partial charge in [0.2, 0.25) is 17.3 Å². The lowest BCUT2D eigenvalue weighted by Gasteiger charge is -2.27. The fourth-order valence-electron chi connectivity index (χ4n) is 3.56. The van der Waals surface area contributed by atoms with Crippen LogP contribution in [-0.2, 0) is 31.1 Å². The monoisotopic (exact) mass is 503 g/mol. The van der Waals surface area contributed by atoms with Gasteiger partial charge in [0.1, 0.15) is 18.5 Å². The van der Waals surface area contributed by atoms with Crippen LogP contribution in [0.2, 0.25) is 0 Å². The number of nitrogens with one attached hydrogen (secondary N) is 3. The van der Waals surface area contributed by atoms with E-state index in [0.717, 1.165) is 0 Å². The predicted molar refractivity (Wildman–Crippen MR) is 118 cm³/mol. The van der Waals surface area contributed by atoms with E-state index in [9.17, 15) is 36.9 Å². The summed E-state index contributed by atoms with van der Waals surface area (Å²) in [6, 6.07) is 2.98. The molecule has 34 heavy (non-hydrogen) atoms. The molecule has 1 fully saturated rings. The summed E-state index contributed by atoms with van der Waals surface area (Å²) in [4.78, 5) is 37.0. The maximum absolute atomic E-state index is 13.7. The zero-order valence-electron chi connectivity index (χ0n) is 18.9. The number of rotatable bonds is 11. The van der Waals surface area contributed by atoms with E-state index in [4.69, 9.17) is 4.74 Å². The molecular formula is C21H30FN3O8S. The van der Waals surface area contributed by atoms with Crippen molar-refractivity contribution < 1.29 is 41.6 Å². The van der Waals surface area contributed by atoms with E-state index >= 15 is 0 Å². The predicted octanol–water partition coefficient (Wildman–Crippen LogP) is 0.684. The molecule has 4 atom stereocenters. The number of aliphatic hydroxyl groups excluding tert-OH is 1. The number of aliphatic hydroxyl groups is 1. The van der Waals surface area contributed by atoms with Gasteiger partial charge in [-0.05, 0) is 31.2 Å². The van der Waals surface area contributed by atoms with Crippen molar-refractivity contribution in [2.75, 3.05) is 6.54 Å². The Bertz CT molecular complexity index is 988. The van der Waals surface area contributed by atoms with Gasteiger partial charge in [-0.25, -0.2) is 9.18 Å². The second-order valence-corrected chi connectivity index (χ2v) is 10.0. The zero-order valence-corrected chi connectivity index (χ0v) is 19.7. The van der Waals surface area contributed by atoms with Gasteiger partial charge in [0.05, 0.1) is 6.04 Å². The van der Waals surface area contributed by atoms with Crippen LogP contribution >= 0.6 is 0 Å². The minimum atomic E-state index is -4.96. The molecule has 190 valence electrons. The molecule has 2 rings (SSSR count). The third-order valence-electron chi connectivity index (χ3n) is 5.31. The number of halogens is 1. The van der Waals surface area contributed by atoms with Crippen LogP contribution in [0.1, 0.15) is 38.7 Å². The first-order valence-electron chi connectivity index (χ1n) is 10.8. The standard InChI is InChI=1S/C21H30FN3O8S/c1-12(2)9-16(25-21(29)33-11-14-5-3-4-6-15(14)22)19(27)24-17(20(28)34(30,31)32)10-13-7-8-23-18(13)26/h3-6,12-13,16-17,20,28H,7-11H2,1-2H3,(H,23,26)(H,24,27)(H,25,29)(H,30,31,32)/t13-,16-,17-,20?/m0/s1. The van der Waals surface area contributed by atoms with Crippen LogP contribution in [0.15, 0.2) is 24.3 Å². The Morgan fingerprint density at radius 2 is 1.94 bits per heavy atom. The molecule has 1 aliphatic rings. The van der Waals surface area contributed by atoms with Gasteiger partial charge in [-0.15, -0.1) is 0 Å². The number of amides is 3. The molecule has 1 saturated heterocycles. The molecule has 0 bridgehead atoms. The van der Waals surface area contributed by atoms with Gasteiger partial charge >= 0.3 is 6.09 Å². The lowest BCUT2D eigenvalue weighted by atomic mass is 9.97. The van der Waals surface area contributed by atoms with E-state index < -0.39 is 51.4 Å². The number of ether oxygens (including phenoxy) is 1. The van der Waals surface area contributed by atoms with E-state index in [2.05, 4.69) is 16.0 Å². The van der Waals surface area contributed by atoms with Crippen molar-refractivity contribution in [3.05, 3.63) is 35.6 Å². The molecule has 11 nitrogen and oxygen atoms in total. The van der Waals surface area contributed by atoms with Gasteiger partial charge in [0, 0.05) is 18.0 Å². The molecule has 13 heteroatoms. The zero-order chi connectivity index (χ0) is 25.5. The summed E-state index contributed by atoms with van der Waals surface area (Å²) in [5.41, 5.74) is -2.24. The van der Waals surface area contributed by atoms with Crippen molar-refractivity contribution in [1.82, 2.24) is 16.0 Å². The van der Waals surface area contributed by atoms with Crippen LogP contribution in [0.5, 0.6) is 0 Å². The molecule has 1 unspecified atom stereocenters. The molecule has 1 aromatic carbocycles. The minimum Gasteiger partial charge on any atom is -0.445 e. The summed E-state index contributed by atoms with van der Waals surface area (Å²) in [7, 11) is -4.96. The number of benzene rings is 1. The van der Waals surface area contributed by atoms with E-state index in [0.29, 0.717) is 13.0 Å². The molecule has 5 N–H and O–H groups in total. The van der Waals surface area contributed by atoms with Crippen molar-refractivity contribution in [2.24, 2.45) is 11.8 Å². The minimum absolute atomic E-state index is 0.0897. The number of carbonyl (C=O) groups is 3. The van der Waals surface area contributed by atoms with Crippen molar-refractivity contribution in [3.63, 3.8) is 0 Å². The topological polar surface area (TPSA) is 171 Å². The van der Waals surface area contributed by atoms with Crippen LogP contribution in [0, 0.1) is 17.7 Å². The van der Waals surface area contributed by atoms with E-state index in [1.807, 2.05) is 0 Å². The molecule has 0 aliphatic carbocycles. The van der Waals surface area contributed by atoms with Crippen LogP contribution in [0.25, 0.3) is 0 Å². The van der Waals surface area contributed by atoms with Crippen molar-refractivity contribution in [1.29, 1.82) is 0 Å². The Labute approximate surface area is 197 Å². The first kappa shape index (κ1) is 27.5. The number of carbonyl (C=O) groups excluding carboxylic acids is 3. The third-order valence-corrected chi connectivity index (χ3v) is 6.25. The Kier molecular flexibility index (Phi) is 9.77. The largest absolute Gasteiger partial charge is 0.445 e. The Morgan fingerprint density at radius 1 is 1.26 bits per heavy atom. The fourth-order valence-corrected chi connectivity index (χ4v) is 4.15. The summed E-state index contributed by atoms with van der Waals surface area (Å²) in [5.74, 6) is -2.54. The Morgan fingerprint density at radius 3 is 2.50 bits per heavy atom. The molecular weight excluding hydrogens is 473 g/mol. The van der Waals surface area contributed by atoms with Gasteiger partial charge in [0.25, 0.3) is 10.1 Å². The van der Waals surface area contributed by atoms with Crippen molar-refractivity contribution in [2.45, 2.75) is 57.2 Å². The first-order valence-corrected chi connectivity index (χ1v) is 12.3. The highest BCUT2D eigenvalue weighted by atomic mass is 32.2. The molecule has 0 aromatic heterocycles. The highest BCUT2D eigenvalue weighted by Gasteiger charge is 2.37. The highest BCUT2D eigenvalue weighted by Crippen LogP contribution is 2.20. The average Bonchev–Trinajstić information content (AvgIpc) is 3.15.